The number of nitrogens with one attached hydrogen (secondary N) is 1. The number of piperidine rings is 1. The molecule has 4 heteroatoms. The van der Waals surface area contributed by atoms with E-state index < -0.39 is 0 Å². The van der Waals surface area contributed by atoms with Crippen LogP contribution in [-0.2, 0) is 6.54 Å². The topological polar surface area (TPSA) is 28.2 Å². The molecule has 3 nitrogen and oxygen atoms in total. The first kappa shape index (κ1) is 16.8. The van der Waals surface area contributed by atoms with Crippen molar-refractivity contribution in [1.29, 1.82) is 0 Å². The number of hydrogen-bond donors (Lipinski definition) is 1. The Morgan fingerprint density at radius 1 is 1.29 bits per heavy atom. The zero-order valence-corrected chi connectivity index (χ0v) is 15.1. The third-order valence-corrected chi connectivity index (χ3v) is 6.03. The van der Waals surface area contributed by atoms with Gasteiger partial charge in [-0.1, -0.05) is 41.0 Å². The maximum absolute atomic E-state index is 4.96. The Kier molecular flexibility index (Phi) is 5.67. The summed E-state index contributed by atoms with van der Waals surface area (Å²) >= 11 is 1.89. The SMILES string of the molecule is CCNCc1sc(N2CCC(C)(CC)CC2)nc1C(C)C. The van der Waals surface area contributed by atoms with Crippen molar-refractivity contribution in [2.45, 2.75) is 66.3 Å². The third-order valence-electron chi connectivity index (χ3n) is 4.89. The highest BCUT2D eigenvalue weighted by Gasteiger charge is 2.30. The molecule has 1 N–H and O–H groups in total. The number of anilines is 1. The van der Waals surface area contributed by atoms with E-state index in [2.05, 4.69) is 44.8 Å². The van der Waals surface area contributed by atoms with Crippen molar-refractivity contribution in [2.75, 3.05) is 24.5 Å². The fourth-order valence-corrected chi connectivity index (χ4v) is 4.13. The van der Waals surface area contributed by atoms with E-state index in [4.69, 9.17) is 4.98 Å². The van der Waals surface area contributed by atoms with E-state index in [1.807, 2.05) is 11.3 Å². The molecule has 1 aliphatic heterocycles. The van der Waals surface area contributed by atoms with E-state index in [-0.39, 0.29) is 0 Å². The minimum absolute atomic E-state index is 0.509. The fourth-order valence-electron chi connectivity index (χ4n) is 2.89. The van der Waals surface area contributed by atoms with Gasteiger partial charge in [-0.2, -0.15) is 0 Å². The maximum Gasteiger partial charge on any atom is 0.185 e. The lowest BCUT2D eigenvalue weighted by Crippen LogP contribution is -2.38. The van der Waals surface area contributed by atoms with Gasteiger partial charge < -0.3 is 10.2 Å². The second kappa shape index (κ2) is 7.10. The summed E-state index contributed by atoms with van der Waals surface area (Å²) < 4.78 is 0. The molecule has 0 aromatic carbocycles. The number of aromatic nitrogens is 1. The van der Waals surface area contributed by atoms with Crippen molar-refractivity contribution in [3.8, 4) is 0 Å². The average molecular weight is 310 g/mol. The summed E-state index contributed by atoms with van der Waals surface area (Å²) in [5, 5.41) is 4.69. The van der Waals surface area contributed by atoms with Crippen LogP contribution in [0, 0.1) is 5.41 Å². The Morgan fingerprint density at radius 2 is 1.95 bits per heavy atom. The van der Waals surface area contributed by atoms with Crippen LogP contribution >= 0.6 is 11.3 Å². The predicted molar refractivity (Wildman–Crippen MR) is 93.4 cm³/mol. The Labute approximate surface area is 134 Å². The summed E-state index contributed by atoms with van der Waals surface area (Å²) in [6.07, 6.45) is 3.88. The second-order valence-corrected chi connectivity index (χ2v) is 7.95. The van der Waals surface area contributed by atoms with Crippen molar-refractivity contribution in [2.24, 2.45) is 5.41 Å². The first-order valence-electron chi connectivity index (χ1n) is 8.44. The predicted octanol–water partition coefficient (Wildman–Crippen LogP) is 4.39. The Hall–Kier alpha value is -0.610. The molecule has 120 valence electrons. The van der Waals surface area contributed by atoms with Crippen LogP contribution in [-0.4, -0.2) is 24.6 Å². The molecular weight excluding hydrogens is 278 g/mol. The Morgan fingerprint density at radius 3 is 2.48 bits per heavy atom. The van der Waals surface area contributed by atoms with Crippen molar-refractivity contribution in [3.63, 3.8) is 0 Å². The lowest BCUT2D eigenvalue weighted by atomic mass is 9.78. The van der Waals surface area contributed by atoms with E-state index in [9.17, 15) is 0 Å². The molecule has 0 saturated carbocycles. The molecule has 1 aromatic heterocycles. The highest BCUT2D eigenvalue weighted by molar-refractivity contribution is 7.15. The molecule has 0 amide bonds. The van der Waals surface area contributed by atoms with Crippen LogP contribution in [0.5, 0.6) is 0 Å². The Balaban J connectivity index is 2.10. The summed E-state index contributed by atoms with van der Waals surface area (Å²) in [5.74, 6) is 0.509. The molecule has 0 atom stereocenters. The van der Waals surface area contributed by atoms with E-state index in [0.29, 0.717) is 11.3 Å². The molecule has 0 unspecified atom stereocenters. The molecule has 0 aliphatic carbocycles. The van der Waals surface area contributed by atoms with Crippen LogP contribution < -0.4 is 10.2 Å². The summed E-state index contributed by atoms with van der Waals surface area (Å²) in [6, 6.07) is 0. The van der Waals surface area contributed by atoms with Crippen LogP contribution in [0.1, 0.15) is 70.4 Å². The molecule has 1 aliphatic rings. The minimum Gasteiger partial charge on any atom is -0.348 e. The lowest BCUT2D eigenvalue weighted by Gasteiger charge is -2.38. The third kappa shape index (κ3) is 3.98. The highest BCUT2D eigenvalue weighted by atomic mass is 32.1. The largest absolute Gasteiger partial charge is 0.348 e. The summed E-state index contributed by atoms with van der Waals surface area (Å²) in [6.45, 7) is 15.7. The van der Waals surface area contributed by atoms with Gasteiger partial charge in [0.15, 0.2) is 5.13 Å². The van der Waals surface area contributed by atoms with Gasteiger partial charge in [-0.05, 0) is 30.7 Å². The van der Waals surface area contributed by atoms with Gasteiger partial charge in [0.05, 0.1) is 5.69 Å². The van der Waals surface area contributed by atoms with E-state index in [0.717, 1.165) is 26.2 Å². The zero-order valence-electron chi connectivity index (χ0n) is 14.3. The molecular formula is C17H31N3S. The lowest BCUT2D eigenvalue weighted by molar-refractivity contribution is 0.238. The zero-order chi connectivity index (χ0) is 15.5. The van der Waals surface area contributed by atoms with Crippen molar-refractivity contribution in [1.82, 2.24) is 10.3 Å². The molecule has 0 radical (unpaired) electrons. The molecule has 2 heterocycles. The first-order valence-corrected chi connectivity index (χ1v) is 9.26. The molecule has 0 spiro atoms. The molecule has 0 bridgehead atoms. The van der Waals surface area contributed by atoms with Crippen LogP contribution in [0.2, 0.25) is 0 Å². The molecule has 2 rings (SSSR count). The minimum atomic E-state index is 0.509. The highest BCUT2D eigenvalue weighted by Crippen LogP contribution is 2.38. The van der Waals surface area contributed by atoms with Crippen molar-refractivity contribution >= 4 is 16.5 Å². The van der Waals surface area contributed by atoms with Gasteiger partial charge in [0.25, 0.3) is 0 Å². The smallest absolute Gasteiger partial charge is 0.185 e. The normalized spacial score (nSPS) is 18.5. The van der Waals surface area contributed by atoms with Gasteiger partial charge in [0, 0.05) is 24.5 Å². The summed E-state index contributed by atoms with van der Waals surface area (Å²) in [5.41, 5.74) is 1.83. The first-order chi connectivity index (χ1) is 9.99. The van der Waals surface area contributed by atoms with Crippen LogP contribution in [0.4, 0.5) is 5.13 Å². The summed E-state index contributed by atoms with van der Waals surface area (Å²) in [7, 11) is 0. The van der Waals surface area contributed by atoms with Gasteiger partial charge in [-0.3, -0.25) is 0 Å². The van der Waals surface area contributed by atoms with E-state index >= 15 is 0 Å². The van der Waals surface area contributed by atoms with Gasteiger partial charge >= 0.3 is 0 Å². The second-order valence-electron chi connectivity index (χ2n) is 6.89. The van der Waals surface area contributed by atoms with E-state index in [1.165, 1.54) is 35.0 Å². The molecule has 21 heavy (non-hydrogen) atoms. The van der Waals surface area contributed by atoms with Crippen molar-refractivity contribution in [3.05, 3.63) is 10.6 Å². The maximum atomic E-state index is 4.96. The van der Waals surface area contributed by atoms with E-state index in [1.54, 1.807) is 0 Å². The van der Waals surface area contributed by atoms with Gasteiger partial charge in [0.1, 0.15) is 0 Å². The number of hydrogen-bond acceptors (Lipinski definition) is 4. The summed E-state index contributed by atoms with van der Waals surface area (Å²) in [4.78, 5) is 8.89. The standard InChI is InChI=1S/C17H31N3S/c1-6-17(5)8-10-20(11-9-17)16-19-15(13(3)4)14(21-16)12-18-7-2/h13,18H,6-12H2,1-5H3. The molecule has 1 saturated heterocycles. The van der Waals surface area contributed by atoms with Crippen LogP contribution in [0.15, 0.2) is 0 Å². The average Bonchev–Trinajstić information content (AvgIpc) is 2.90. The number of nitrogens with zero attached hydrogens (tertiary/aromatic N) is 2. The van der Waals surface area contributed by atoms with Crippen LogP contribution in [0.25, 0.3) is 0 Å². The van der Waals surface area contributed by atoms with Crippen molar-refractivity contribution < 1.29 is 0 Å². The quantitative estimate of drug-likeness (QED) is 0.844. The fraction of sp³-hybridized carbons (Fsp3) is 0.824. The Bertz CT molecular complexity index is 445. The van der Waals surface area contributed by atoms with Crippen LogP contribution in [0.3, 0.4) is 0 Å². The van der Waals surface area contributed by atoms with Gasteiger partial charge in [0.2, 0.25) is 0 Å². The molecule has 1 fully saturated rings. The van der Waals surface area contributed by atoms with Gasteiger partial charge in [-0.15, -0.1) is 11.3 Å². The number of thiazole rings is 1. The molecule has 1 aromatic rings. The monoisotopic (exact) mass is 309 g/mol. The number of rotatable bonds is 6. The van der Waals surface area contributed by atoms with Gasteiger partial charge in [-0.25, -0.2) is 4.98 Å².